The van der Waals surface area contributed by atoms with Crippen molar-refractivity contribution in [2.45, 2.75) is 24.8 Å². The van der Waals surface area contributed by atoms with Crippen LogP contribution in [-0.4, -0.2) is 30.8 Å². The van der Waals surface area contributed by atoms with Gasteiger partial charge < -0.3 is 5.73 Å². The first-order valence-corrected chi connectivity index (χ1v) is 7.84. The predicted molar refractivity (Wildman–Crippen MR) is 94.6 cm³/mol. The normalized spacial score (nSPS) is 19.4. The van der Waals surface area contributed by atoms with Gasteiger partial charge in [-0.3, -0.25) is 4.57 Å². The Morgan fingerprint density at radius 1 is 1.12 bits per heavy atom. The summed E-state index contributed by atoms with van der Waals surface area (Å²) in [7, 11) is 0. The van der Waals surface area contributed by atoms with Gasteiger partial charge in [0.1, 0.15) is 17.8 Å². The van der Waals surface area contributed by atoms with Crippen molar-refractivity contribution >= 4 is 24.0 Å². The lowest BCUT2D eigenvalue weighted by molar-refractivity contribution is 0.335. The van der Waals surface area contributed by atoms with Crippen LogP contribution in [-0.2, 0) is 0 Å². The first-order chi connectivity index (χ1) is 11.2. The monoisotopic (exact) mass is 362 g/mol. The van der Waals surface area contributed by atoms with E-state index in [-0.39, 0.29) is 18.4 Å². The highest BCUT2D eigenvalue weighted by Gasteiger charge is 2.33. The van der Waals surface area contributed by atoms with Gasteiger partial charge in [-0.1, -0.05) is 23.7 Å². The fraction of sp³-hybridized carbons (Fsp3) is 0.250. The van der Waals surface area contributed by atoms with E-state index in [1.54, 1.807) is 6.20 Å². The van der Waals surface area contributed by atoms with Gasteiger partial charge in [-0.05, 0) is 31.0 Å². The molecule has 0 atom stereocenters. The van der Waals surface area contributed by atoms with Crippen LogP contribution in [0.5, 0.6) is 0 Å². The van der Waals surface area contributed by atoms with Gasteiger partial charge >= 0.3 is 0 Å². The molecule has 0 unspecified atom stereocenters. The Labute approximate surface area is 150 Å². The van der Waals surface area contributed by atoms with Crippen molar-refractivity contribution in [2.24, 2.45) is 5.73 Å². The summed E-state index contributed by atoms with van der Waals surface area (Å²) in [5.41, 5.74) is 7.50. The lowest BCUT2D eigenvalue weighted by Crippen LogP contribution is -2.36. The second kappa shape index (κ2) is 6.84. The van der Waals surface area contributed by atoms with Crippen LogP contribution in [0, 0.1) is 0 Å². The summed E-state index contributed by atoms with van der Waals surface area (Å²) in [6.45, 7) is 0. The molecule has 1 aliphatic rings. The standard InChI is InChI=1S/C16H15ClN6.ClH/c17-12-3-1-2-4-14(12)23-15(10-7-11(18)8-10)21-22-16(23)13-5-6-19-9-20-13;/h1-6,9-11H,7-8,18H2;1H. The molecule has 6 nitrogen and oxygen atoms in total. The first-order valence-electron chi connectivity index (χ1n) is 7.46. The van der Waals surface area contributed by atoms with Crippen LogP contribution in [0.25, 0.3) is 17.2 Å². The quantitative estimate of drug-likeness (QED) is 0.774. The summed E-state index contributed by atoms with van der Waals surface area (Å²) in [6.07, 6.45) is 5.01. The van der Waals surface area contributed by atoms with Gasteiger partial charge in [0.2, 0.25) is 0 Å². The van der Waals surface area contributed by atoms with Crippen LogP contribution in [0.1, 0.15) is 24.6 Å². The van der Waals surface area contributed by atoms with Gasteiger partial charge in [0, 0.05) is 18.2 Å². The number of nitrogens with zero attached hydrogens (tertiary/aromatic N) is 5. The van der Waals surface area contributed by atoms with Crippen LogP contribution >= 0.6 is 24.0 Å². The maximum absolute atomic E-state index is 6.41. The summed E-state index contributed by atoms with van der Waals surface area (Å²) < 4.78 is 1.99. The highest BCUT2D eigenvalue weighted by Crippen LogP contribution is 2.38. The molecule has 0 amide bonds. The van der Waals surface area contributed by atoms with Crippen molar-refractivity contribution in [3.63, 3.8) is 0 Å². The second-order valence-electron chi connectivity index (χ2n) is 5.69. The van der Waals surface area contributed by atoms with E-state index in [9.17, 15) is 0 Å². The van der Waals surface area contributed by atoms with Crippen molar-refractivity contribution < 1.29 is 0 Å². The Hall–Kier alpha value is -2.02. The van der Waals surface area contributed by atoms with E-state index in [1.807, 2.05) is 34.9 Å². The van der Waals surface area contributed by atoms with E-state index >= 15 is 0 Å². The van der Waals surface area contributed by atoms with Gasteiger partial charge in [0.05, 0.1) is 10.7 Å². The molecule has 24 heavy (non-hydrogen) atoms. The average Bonchev–Trinajstić information content (AvgIpc) is 2.97. The van der Waals surface area contributed by atoms with E-state index < -0.39 is 0 Å². The minimum Gasteiger partial charge on any atom is -0.328 e. The summed E-state index contributed by atoms with van der Waals surface area (Å²) in [6, 6.07) is 9.71. The number of benzene rings is 1. The Morgan fingerprint density at radius 3 is 2.58 bits per heavy atom. The summed E-state index contributed by atoms with van der Waals surface area (Å²) in [4.78, 5) is 8.25. The topological polar surface area (TPSA) is 82.5 Å². The molecule has 8 heteroatoms. The highest BCUT2D eigenvalue weighted by molar-refractivity contribution is 6.32. The Bertz CT molecular complexity index is 830. The van der Waals surface area contributed by atoms with Gasteiger partial charge in [-0.2, -0.15) is 0 Å². The number of hydrogen-bond acceptors (Lipinski definition) is 5. The summed E-state index contributed by atoms with van der Waals surface area (Å²) in [5, 5.41) is 9.41. The summed E-state index contributed by atoms with van der Waals surface area (Å²) in [5.74, 6) is 1.84. The molecular weight excluding hydrogens is 347 g/mol. The van der Waals surface area contributed by atoms with Crippen molar-refractivity contribution in [2.75, 3.05) is 0 Å². The number of rotatable bonds is 3. The fourth-order valence-electron chi connectivity index (χ4n) is 2.89. The van der Waals surface area contributed by atoms with Crippen LogP contribution in [0.4, 0.5) is 0 Å². The molecule has 1 aromatic carbocycles. The zero-order valence-electron chi connectivity index (χ0n) is 12.7. The van der Waals surface area contributed by atoms with Gasteiger partial charge in [-0.25, -0.2) is 9.97 Å². The lowest BCUT2D eigenvalue weighted by atomic mass is 9.80. The van der Waals surface area contributed by atoms with E-state index in [4.69, 9.17) is 17.3 Å². The van der Waals surface area contributed by atoms with Crippen molar-refractivity contribution in [1.82, 2.24) is 24.7 Å². The first kappa shape index (κ1) is 16.8. The van der Waals surface area contributed by atoms with Gasteiger partial charge in [0.15, 0.2) is 5.82 Å². The maximum atomic E-state index is 6.41. The van der Waals surface area contributed by atoms with E-state index in [1.165, 1.54) is 6.33 Å². The molecule has 0 saturated heterocycles. The predicted octanol–water partition coefficient (Wildman–Crippen LogP) is 3.00. The molecule has 0 radical (unpaired) electrons. The number of aromatic nitrogens is 5. The number of hydrogen-bond donors (Lipinski definition) is 1. The third-order valence-corrected chi connectivity index (χ3v) is 4.45. The molecule has 4 rings (SSSR count). The minimum atomic E-state index is 0. The van der Waals surface area contributed by atoms with Gasteiger partial charge in [0.25, 0.3) is 0 Å². The number of para-hydroxylation sites is 1. The molecule has 0 spiro atoms. The Balaban J connectivity index is 0.00000169. The fourth-order valence-corrected chi connectivity index (χ4v) is 3.11. The van der Waals surface area contributed by atoms with E-state index in [0.29, 0.717) is 22.5 Å². The van der Waals surface area contributed by atoms with Crippen molar-refractivity contribution in [3.05, 3.63) is 53.7 Å². The third kappa shape index (κ3) is 2.88. The van der Waals surface area contributed by atoms with Crippen LogP contribution in [0.2, 0.25) is 5.02 Å². The van der Waals surface area contributed by atoms with Crippen molar-refractivity contribution in [3.8, 4) is 17.2 Å². The molecule has 2 aromatic heterocycles. The van der Waals surface area contributed by atoms with Crippen LogP contribution in [0.3, 0.4) is 0 Å². The largest absolute Gasteiger partial charge is 0.328 e. The SMILES string of the molecule is Cl.NC1CC(c2nnc(-c3ccncn3)n2-c2ccccc2Cl)C1. The molecule has 0 aliphatic heterocycles. The maximum Gasteiger partial charge on any atom is 0.187 e. The van der Waals surface area contributed by atoms with E-state index in [0.717, 1.165) is 24.4 Å². The highest BCUT2D eigenvalue weighted by atomic mass is 35.5. The second-order valence-corrected chi connectivity index (χ2v) is 6.10. The molecule has 1 fully saturated rings. The Morgan fingerprint density at radius 2 is 1.92 bits per heavy atom. The Kier molecular flexibility index (Phi) is 4.80. The number of nitrogens with two attached hydrogens (primary N) is 1. The molecule has 1 aliphatic carbocycles. The molecule has 2 heterocycles. The molecule has 124 valence electrons. The zero-order valence-corrected chi connectivity index (χ0v) is 14.3. The molecular formula is C16H16Cl2N6. The molecule has 3 aromatic rings. The molecule has 0 bridgehead atoms. The average molecular weight is 363 g/mol. The van der Waals surface area contributed by atoms with Crippen molar-refractivity contribution in [1.29, 1.82) is 0 Å². The van der Waals surface area contributed by atoms with Crippen LogP contribution < -0.4 is 5.73 Å². The number of halogens is 2. The van der Waals surface area contributed by atoms with Crippen LogP contribution in [0.15, 0.2) is 42.9 Å². The smallest absolute Gasteiger partial charge is 0.187 e. The third-order valence-electron chi connectivity index (χ3n) is 4.13. The molecule has 1 saturated carbocycles. The molecule has 2 N–H and O–H groups in total. The minimum absolute atomic E-state index is 0. The van der Waals surface area contributed by atoms with Gasteiger partial charge in [-0.15, -0.1) is 22.6 Å². The zero-order chi connectivity index (χ0) is 15.8. The lowest BCUT2D eigenvalue weighted by Gasteiger charge is -2.31. The van der Waals surface area contributed by atoms with E-state index in [2.05, 4.69) is 20.2 Å². The summed E-state index contributed by atoms with van der Waals surface area (Å²) >= 11 is 6.41.